The number of nitrogen functional groups attached to an aromatic ring is 1. The van der Waals surface area contributed by atoms with Crippen LogP contribution >= 0.6 is 0 Å². The summed E-state index contributed by atoms with van der Waals surface area (Å²) in [5.41, 5.74) is 3.32. The molecule has 0 saturated heterocycles. The van der Waals surface area contributed by atoms with E-state index in [-0.39, 0.29) is 0 Å². The van der Waals surface area contributed by atoms with Crippen LogP contribution in [0.1, 0.15) is 5.69 Å². The highest BCUT2D eigenvalue weighted by atomic mass is 15.4. The maximum atomic E-state index is 5.13. The molecule has 58 valence electrons. The van der Waals surface area contributed by atoms with Crippen LogP contribution in [0.4, 0.5) is 5.95 Å². The summed E-state index contributed by atoms with van der Waals surface area (Å²) in [4.78, 5) is 8.12. The van der Waals surface area contributed by atoms with Crippen LogP contribution < -0.4 is 11.3 Å². The zero-order valence-electron chi connectivity index (χ0n) is 6.00. The van der Waals surface area contributed by atoms with E-state index in [2.05, 4.69) is 20.5 Å². The van der Waals surface area contributed by atoms with Crippen molar-refractivity contribution in [3.8, 4) is 0 Å². The number of aromatic amines is 1. The van der Waals surface area contributed by atoms with Gasteiger partial charge >= 0.3 is 0 Å². The number of nitrogens with two attached hydrogens (primary N) is 1. The number of imidazole rings is 1. The van der Waals surface area contributed by atoms with E-state index in [9.17, 15) is 0 Å². The molecule has 0 saturated carbocycles. The molecule has 11 heavy (non-hydrogen) atoms. The van der Waals surface area contributed by atoms with Crippen molar-refractivity contribution in [1.29, 1.82) is 0 Å². The largest absolute Gasteiger partial charge is 0.293 e. The van der Waals surface area contributed by atoms with Crippen molar-refractivity contribution >= 4 is 11.7 Å². The van der Waals surface area contributed by atoms with E-state index < -0.39 is 0 Å². The Bertz CT molecular complexity index is 340. The number of fused-ring (bicyclic) bond motifs is 1. The normalized spacial score (nSPS) is 10.7. The van der Waals surface area contributed by atoms with E-state index in [4.69, 9.17) is 5.84 Å². The Morgan fingerprint density at radius 3 is 3.09 bits per heavy atom. The first-order chi connectivity index (χ1) is 5.29. The SMILES string of the molecule is Cc1cn2[nH]c(NN)nc2n1. The lowest BCUT2D eigenvalue weighted by Crippen LogP contribution is -2.08. The molecule has 0 fully saturated rings. The minimum Gasteiger partial charge on any atom is -0.293 e. The van der Waals surface area contributed by atoms with E-state index in [0.29, 0.717) is 11.7 Å². The number of rotatable bonds is 1. The lowest BCUT2D eigenvalue weighted by molar-refractivity contribution is 0.967. The molecule has 6 heteroatoms. The molecule has 4 N–H and O–H groups in total. The molecule has 0 atom stereocenters. The number of aryl methyl sites for hydroxylation is 1. The zero-order valence-corrected chi connectivity index (χ0v) is 6.00. The topological polar surface area (TPSA) is 84.0 Å². The van der Waals surface area contributed by atoms with Crippen molar-refractivity contribution < 1.29 is 0 Å². The predicted molar refractivity (Wildman–Crippen MR) is 39.9 cm³/mol. The van der Waals surface area contributed by atoms with E-state index >= 15 is 0 Å². The second-order valence-electron chi connectivity index (χ2n) is 2.27. The molecular formula is C5H8N6. The van der Waals surface area contributed by atoms with E-state index in [1.54, 1.807) is 4.52 Å². The van der Waals surface area contributed by atoms with Gasteiger partial charge in [0.2, 0.25) is 5.95 Å². The molecule has 0 aliphatic rings. The van der Waals surface area contributed by atoms with Crippen molar-refractivity contribution in [1.82, 2.24) is 19.6 Å². The van der Waals surface area contributed by atoms with Gasteiger partial charge in [-0.05, 0) is 6.92 Å². The molecule has 2 aromatic heterocycles. The highest BCUT2D eigenvalue weighted by Gasteiger charge is 2.01. The van der Waals surface area contributed by atoms with Gasteiger partial charge in [0.15, 0.2) is 0 Å². The van der Waals surface area contributed by atoms with Crippen LogP contribution in [-0.2, 0) is 0 Å². The molecule has 0 spiro atoms. The van der Waals surface area contributed by atoms with Crippen LogP contribution in [0, 0.1) is 6.92 Å². The first kappa shape index (κ1) is 6.17. The van der Waals surface area contributed by atoms with Gasteiger partial charge in [0.25, 0.3) is 5.78 Å². The van der Waals surface area contributed by atoms with Crippen molar-refractivity contribution in [3.05, 3.63) is 11.9 Å². The highest BCUT2D eigenvalue weighted by molar-refractivity contribution is 5.36. The summed E-state index contributed by atoms with van der Waals surface area (Å²) in [5, 5.41) is 2.87. The molecule has 0 radical (unpaired) electrons. The third-order valence-electron chi connectivity index (χ3n) is 1.38. The van der Waals surface area contributed by atoms with Crippen LogP contribution in [0.25, 0.3) is 5.78 Å². The Hall–Kier alpha value is -1.56. The van der Waals surface area contributed by atoms with Gasteiger partial charge < -0.3 is 0 Å². The lowest BCUT2D eigenvalue weighted by atomic mass is 10.6. The Labute approximate surface area is 62.4 Å². The van der Waals surface area contributed by atoms with Gasteiger partial charge in [-0.2, -0.15) is 4.98 Å². The summed E-state index contributed by atoms with van der Waals surface area (Å²) in [7, 11) is 0. The number of aromatic nitrogens is 4. The molecule has 0 bridgehead atoms. The minimum atomic E-state index is 0.507. The van der Waals surface area contributed by atoms with Gasteiger partial charge in [-0.3, -0.25) is 10.5 Å². The van der Waals surface area contributed by atoms with Crippen molar-refractivity contribution in [3.63, 3.8) is 0 Å². The van der Waals surface area contributed by atoms with Crippen LogP contribution in [0.5, 0.6) is 0 Å². The Balaban J connectivity index is 2.64. The zero-order chi connectivity index (χ0) is 7.84. The molecule has 0 aliphatic carbocycles. The second kappa shape index (κ2) is 1.96. The number of nitrogens with one attached hydrogen (secondary N) is 2. The average Bonchev–Trinajstić information content (AvgIpc) is 2.43. The van der Waals surface area contributed by atoms with Gasteiger partial charge in [-0.1, -0.05) is 0 Å². The quantitative estimate of drug-likeness (QED) is 0.385. The van der Waals surface area contributed by atoms with Crippen LogP contribution in [0.3, 0.4) is 0 Å². The average molecular weight is 152 g/mol. The number of hydrazine groups is 1. The van der Waals surface area contributed by atoms with Crippen LogP contribution in [0.2, 0.25) is 0 Å². The standard InChI is InChI=1S/C5H8N6/c1-3-2-11-5(7-3)8-4(9-6)10-11/h2H,6H2,1H3,(H2,7,8,9,10). The summed E-state index contributed by atoms with van der Waals surface area (Å²) >= 11 is 0. The van der Waals surface area contributed by atoms with E-state index in [1.807, 2.05) is 13.1 Å². The fraction of sp³-hybridized carbons (Fsp3) is 0.200. The molecule has 0 aliphatic heterocycles. The Morgan fingerprint density at radius 1 is 1.64 bits per heavy atom. The molecular weight excluding hydrogens is 144 g/mol. The van der Waals surface area contributed by atoms with Gasteiger partial charge in [-0.15, -0.1) is 0 Å². The van der Waals surface area contributed by atoms with Crippen molar-refractivity contribution in [2.24, 2.45) is 5.84 Å². The van der Waals surface area contributed by atoms with Gasteiger partial charge in [0.05, 0.1) is 11.9 Å². The second-order valence-corrected chi connectivity index (χ2v) is 2.27. The predicted octanol–water partition coefficient (Wildman–Crippen LogP) is -0.349. The smallest absolute Gasteiger partial charge is 0.252 e. The van der Waals surface area contributed by atoms with Gasteiger partial charge in [0.1, 0.15) is 0 Å². The third kappa shape index (κ3) is 0.838. The van der Waals surface area contributed by atoms with Crippen LogP contribution in [0.15, 0.2) is 6.20 Å². The van der Waals surface area contributed by atoms with E-state index in [1.165, 1.54) is 0 Å². The molecule has 2 aromatic rings. The summed E-state index contributed by atoms with van der Waals surface area (Å²) in [6, 6.07) is 0. The molecule has 0 unspecified atom stereocenters. The molecule has 2 heterocycles. The minimum absolute atomic E-state index is 0.507. The maximum absolute atomic E-state index is 5.13. The summed E-state index contributed by atoms with van der Waals surface area (Å²) in [6.07, 6.45) is 1.84. The van der Waals surface area contributed by atoms with Crippen LogP contribution in [-0.4, -0.2) is 19.6 Å². The highest BCUT2D eigenvalue weighted by Crippen LogP contribution is 2.03. The van der Waals surface area contributed by atoms with Crippen molar-refractivity contribution in [2.45, 2.75) is 6.92 Å². The summed E-state index contributed by atoms with van der Waals surface area (Å²) in [5.74, 6) is 6.25. The van der Waals surface area contributed by atoms with Gasteiger partial charge in [-0.25, -0.2) is 15.3 Å². The molecule has 0 aromatic carbocycles. The first-order valence-corrected chi connectivity index (χ1v) is 3.18. The molecule has 0 amide bonds. The van der Waals surface area contributed by atoms with E-state index in [0.717, 1.165) is 5.69 Å². The monoisotopic (exact) mass is 152 g/mol. The van der Waals surface area contributed by atoms with Gasteiger partial charge in [0, 0.05) is 0 Å². The number of H-pyrrole nitrogens is 1. The number of nitrogens with zero attached hydrogens (tertiary/aromatic N) is 3. The fourth-order valence-corrected chi connectivity index (χ4v) is 0.950. The number of hydrogen-bond donors (Lipinski definition) is 3. The fourth-order valence-electron chi connectivity index (χ4n) is 0.950. The Kier molecular flexibility index (Phi) is 1.10. The Morgan fingerprint density at radius 2 is 2.45 bits per heavy atom. The van der Waals surface area contributed by atoms with Crippen molar-refractivity contribution in [2.75, 3.05) is 5.43 Å². The number of hydrogen-bond acceptors (Lipinski definition) is 4. The summed E-state index contributed by atoms with van der Waals surface area (Å²) < 4.78 is 1.70. The maximum Gasteiger partial charge on any atom is 0.252 e. The molecule has 6 nitrogen and oxygen atoms in total. The summed E-state index contributed by atoms with van der Waals surface area (Å²) in [6.45, 7) is 1.90. The first-order valence-electron chi connectivity index (χ1n) is 3.18. The lowest BCUT2D eigenvalue weighted by Gasteiger charge is -1.87. The third-order valence-corrected chi connectivity index (χ3v) is 1.38. The number of anilines is 1. The molecule has 2 rings (SSSR count).